The predicted molar refractivity (Wildman–Crippen MR) is 64.4 cm³/mol. The van der Waals surface area contributed by atoms with Gasteiger partial charge in [0.1, 0.15) is 5.82 Å². The van der Waals surface area contributed by atoms with Gasteiger partial charge in [0.25, 0.3) is 0 Å². The molecule has 0 N–H and O–H groups in total. The van der Waals surface area contributed by atoms with Crippen LogP contribution in [0.3, 0.4) is 0 Å². The maximum absolute atomic E-state index is 11.5. The molecule has 1 atom stereocenters. The Balaban J connectivity index is 2.16. The fraction of sp³-hybridized carbons (Fsp3) is 0.364. The first-order valence-corrected chi connectivity index (χ1v) is 7.42. The molecule has 0 spiro atoms. The van der Waals surface area contributed by atoms with E-state index in [0.717, 1.165) is 6.29 Å². The van der Waals surface area contributed by atoms with Crippen LogP contribution < -0.4 is 0 Å². The van der Waals surface area contributed by atoms with Crippen LogP contribution in [0.1, 0.15) is 28.7 Å². The van der Waals surface area contributed by atoms with Crippen LogP contribution in [0.15, 0.2) is 18.2 Å². The van der Waals surface area contributed by atoms with Crippen molar-refractivity contribution in [1.82, 2.24) is 14.6 Å². The minimum atomic E-state index is -2.98. The second-order valence-corrected chi connectivity index (χ2v) is 6.65. The van der Waals surface area contributed by atoms with Gasteiger partial charge in [-0.1, -0.05) is 6.07 Å². The predicted octanol–water partition coefficient (Wildman–Crippen LogP) is 0.444. The molecule has 0 radical (unpaired) electrons. The van der Waals surface area contributed by atoms with Crippen molar-refractivity contribution in [2.24, 2.45) is 0 Å². The van der Waals surface area contributed by atoms with Crippen LogP contribution in [-0.4, -0.2) is 40.8 Å². The molecular formula is C11H11N3O3S. The molecule has 1 aliphatic rings. The van der Waals surface area contributed by atoms with E-state index in [0.29, 0.717) is 23.6 Å². The van der Waals surface area contributed by atoms with Crippen molar-refractivity contribution >= 4 is 21.8 Å². The van der Waals surface area contributed by atoms with E-state index in [1.807, 2.05) is 0 Å². The summed E-state index contributed by atoms with van der Waals surface area (Å²) < 4.78 is 24.6. The van der Waals surface area contributed by atoms with E-state index in [2.05, 4.69) is 10.2 Å². The molecule has 6 nitrogen and oxygen atoms in total. The fourth-order valence-corrected chi connectivity index (χ4v) is 4.08. The highest BCUT2D eigenvalue weighted by atomic mass is 32.2. The van der Waals surface area contributed by atoms with Crippen molar-refractivity contribution in [2.75, 3.05) is 11.5 Å². The SMILES string of the molecule is O=Cc1cccc2nnc(C3CCS(=O)(=O)C3)n12. The Morgan fingerprint density at radius 2 is 2.17 bits per heavy atom. The number of nitrogens with zero attached hydrogens (tertiary/aromatic N) is 3. The van der Waals surface area contributed by atoms with Crippen molar-refractivity contribution in [3.05, 3.63) is 29.7 Å². The molecule has 3 rings (SSSR count). The maximum Gasteiger partial charge on any atom is 0.166 e. The standard InChI is InChI=1S/C11H11N3O3S/c15-6-9-2-1-3-10-12-13-11(14(9)10)8-4-5-18(16,17)7-8/h1-3,6,8H,4-5,7H2. The molecule has 1 fully saturated rings. The van der Waals surface area contributed by atoms with Crippen LogP contribution in [-0.2, 0) is 9.84 Å². The molecule has 7 heteroatoms. The molecule has 1 unspecified atom stereocenters. The minimum Gasteiger partial charge on any atom is -0.296 e. The molecule has 0 aliphatic carbocycles. The third-order valence-corrected chi connectivity index (χ3v) is 4.97. The second-order valence-electron chi connectivity index (χ2n) is 4.42. The van der Waals surface area contributed by atoms with Crippen LogP contribution in [0.5, 0.6) is 0 Å². The van der Waals surface area contributed by atoms with Crippen LogP contribution >= 0.6 is 0 Å². The smallest absolute Gasteiger partial charge is 0.166 e. The number of carbonyl (C=O) groups excluding carboxylic acids is 1. The highest BCUT2D eigenvalue weighted by Gasteiger charge is 2.32. The molecule has 2 aromatic heterocycles. The van der Waals surface area contributed by atoms with E-state index < -0.39 is 9.84 Å². The van der Waals surface area contributed by atoms with Gasteiger partial charge in [0, 0.05) is 5.92 Å². The summed E-state index contributed by atoms with van der Waals surface area (Å²) in [6, 6.07) is 5.13. The van der Waals surface area contributed by atoms with Gasteiger partial charge in [-0.3, -0.25) is 9.20 Å². The number of carbonyl (C=O) groups is 1. The zero-order chi connectivity index (χ0) is 12.8. The van der Waals surface area contributed by atoms with Crippen molar-refractivity contribution in [3.8, 4) is 0 Å². The number of pyridine rings is 1. The molecule has 2 aromatic rings. The van der Waals surface area contributed by atoms with E-state index in [1.165, 1.54) is 0 Å². The van der Waals surface area contributed by atoms with Gasteiger partial charge in [0.15, 0.2) is 21.8 Å². The normalized spacial score (nSPS) is 22.3. The van der Waals surface area contributed by atoms with Crippen LogP contribution in [0, 0.1) is 0 Å². The van der Waals surface area contributed by atoms with Gasteiger partial charge >= 0.3 is 0 Å². The van der Waals surface area contributed by atoms with E-state index in [9.17, 15) is 13.2 Å². The van der Waals surface area contributed by atoms with Crippen LogP contribution in [0.4, 0.5) is 0 Å². The number of sulfone groups is 1. The van der Waals surface area contributed by atoms with Crippen LogP contribution in [0.25, 0.3) is 5.65 Å². The average molecular weight is 265 g/mol. The third kappa shape index (κ3) is 1.71. The molecule has 0 amide bonds. The van der Waals surface area contributed by atoms with Crippen molar-refractivity contribution in [2.45, 2.75) is 12.3 Å². The minimum absolute atomic E-state index is 0.0843. The zero-order valence-electron chi connectivity index (χ0n) is 9.48. The van der Waals surface area contributed by atoms with E-state index >= 15 is 0 Å². The molecule has 3 heterocycles. The van der Waals surface area contributed by atoms with Crippen molar-refractivity contribution in [3.63, 3.8) is 0 Å². The zero-order valence-corrected chi connectivity index (χ0v) is 10.3. The lowest BCUT2D eigenvalue weighted by atomic mass is 10.1. The topological polar surface area (TPSA) is 81.4 Å². The summed E-state index contributed by atoms with van der Waals surface area (Å²) in [6.45, 7) is 0. The summed E-state index contributed by atoms with van der Waals surface area (Å²) in [5, 5.41) is 8.02. The lowest BCUT2D eigenvalue weighted by molar-refractivity contribution is 0.111. The van der Waals surface area contributed by atoms with Gasteiger partial charge in [-0.05, 0) is 18.6 Å². The molecule has 1 aliphatic heterocycles. The summed E-state index contributed by atoms with van der Waals surface area (Å²) in [7, 11) is -2.98. The van der Waals surface area contributed by atoms with Crippen molar-refractivity contribution < 1.29 is 13.2 Å². The average Bonchev–Trinajstić information content (AvgIpc) is 2.91. The first kappa shape index (κ1) is 11.3. The Bertz CT molecular complexity index is 720. The first-order valence-electron chi connectivity index (χ1n) is 5.60. The summed E-state index contributed by atoms with van der Waals surface area (Å²) in [5.41, 5.74) is 1.01. The Labute approximate surface area is 104 Å². The lowest BCUT2D eigenvalue weighted by Gasteiger charge is -2.06. The molecule has 94 valence electrons. The van der Waals surface area contributed by atoms with Gasteiger partial charge in [-0.15, -0.1) is 10.2 Å². The molecule has 0 bridgehead atoms. The van der Waals surface area contributed by atoms with Gasteiger partial charge in [0.2, 0.25) is 0 Å². The second kappa shape index (κ2) is 3.88. The lowest BCUT2D eigenvalue weighted by Crippen LogP contribution is -2.09. The number of aldehydes is 1. The maximum atomic E-state index is 11.5. The Morgan fingerprint density at radius 3 is 2.83 bits per heavy atom. The monoisotopic (exact) mass is 265 g/mol. The third-order valence-electron chi connectivity index (χ3n) is 3.20. The number of fused-ring (bicyclic) bond motifs is 1. The summed E-state index contributed by atoms with van der Waals surface area (Å²) in [4.78, 5) is 11.0. The van der Waals surface area contributed by atoms with E-state index in [4.69, 9.17) is 0 Å². The number of hydrogen-bond donors (Lipinski definition) is 0. The fourth-order valence-electron chi connectivity index (χ4n) is 2.34. The Hall–Kier alpha value is -1.76. The van der Waals surface area contributed by atoms with Crippen molar-refractivity contribution in [1.29, 1.82) is 0 Å². The largest absolute Gasteiger partial charge is 0.296 e. The summed E-state index contributed by atoms with van der Waals surface area (Å²) in [6.07, 6.45) is 1.26. The Kier molecular flexibility index (Phi) is 2.44. The first-order chi connectivity index (χ1) is 8.61. The quantitative estimate of drug-likeness (QED) is 0.736. The number of hydrogen-bond acceptors (Lipinski definition) is 5. The summed E-state index contributed by atoms with van der Waals surface area (Å²) >= 11 is 0. The molecule has 0 aromatic carbocycles. The van der Waals surface area contributed by atoms with Gasteiger partial charge in [-0.2, -0.15) is 0 Å². The molecule has 1 saturated heterocycles. The Morgan fingerprint density at radius 1 is 1.33 bits per heavy atom. The van der Waals surface area contributed by atoms with E-state index in [-0.39, 0.29) is 17.4 Å². The number of rotatable bonds is 2. The highest BCUT2D eigenvalue weighted by molar-refractivity contribution is 7.91. The highest BCUT2D eigenvalue weighted by Crippen LogP contribution is 2.28. The van der Waals surface area contributed by atoms with E-state index in [1.54, 1.807) is 22.6 Å². The molecule has 0 saturated carbocycles. The van der Waals surface area contributed by atoms with Gasteiger partial charge < -0.3 is 0 Å². The molecular weight excluding hydrogens is 254 g/mol. The summed E-state index contributed by atoms with van der Waals surface area (Å²) in [5.74, 6) is 0.650. The van der Waals surface area contributed by atoms with Gasteiger partial charge in [0.05, 0.1) is 17.2 Å². The number of aromatic nitrogens is 3. The van der Waals surface area contributed by atoms with Gasteiger partial charge in [-0.25, -0.2) is 8.42 Å². The molecule has 18 heavy (non-hydrogen) atoms. The van der Waals surface area contributed by atoms with Crippen LogP contribution in [0.2, 0.25) is 0 Å².